The third kappa shape index (κ3) is 5.04. The minimum absolute atomic E-state index is 0. The molecule has 2 aromatic carbocycles. The van der Waals surface area contributed by atoms with Crippen molar-refractivity contribution in [3.8, 4) is 11.3 Å². The van der Waals surface area contributed by atoms with Gasteiger partial charge in [0.25, 0.3) is 0 Å². The van der Waals surface area contributed by atoms with E-state index in [9.17, 15) is 4.79 Å². The molecule has 0 aliphatic heterocycles. The van der Waals surface area contributed by atoms with Gasteiger partial charge in [-0.25, -0.2) is 4.98 Å². The van der Waals surface area contributed by atoms with Crippen LogP contribution < -0.4 is 11.5 Å². The van der Waals surface area contributed by atoms with E-state index in [2.05, 4.69) is 38.0 Å². The lowest BCUT2D eigenvalue weighted by atomic mass is 10.0. The lowest BCUT2D eigenvalue weighted by molar-refractivity contribution is -0.138. The van der Waals surface area contributed by atoms with Gasteiger partial charge in [-0.1, -0.05) is 52.3 Å². The van der Waals surface area contributed by atoms with E-state index in [1.165, 1.54) is 0 Å². The largest absolute Gasteiger partial charge is 0.480 e. The van der Waals surface area contributed by atoms with Gasteiger partial charge in [0.05, 0.1) is 5.69 Å². The molecule has 7 nitrogen and oxygen atoms in total. The summed E-state index contributed by atoms with van der Waals surface area (Å²) in [7, 11) is 0. The molecule has 0 saturated heterocycles. The van der Waals surface area contributed by atoms with Gasteiger partial charge < -0.3 is 21.1 Å². The zero-order valence-electron chi connectivity index (χ0n) is 16.4. The van der Waals surface area contributed by atoms with Crippen LogP contribution in [-0.2, 0) is 17.8 Å². The number of nitrogens with zero attached hydrogens (tertiary/aromatic N) is 3. The zero-order chi connectivity index (χ0) is 21.3. The number of carboxylic acids is 1. The van der Waals surface area contributed by atoms with Gasteiger partial charge in [-0.05, 0) is 35.7 Å². The molecule has 0 aliphatic rings. The Morgan fingerprint density at radius 1 is 1.03 bits per heavy atom. The van der Waals surface area contributed by atoms with Crippen LogP contribution in [0.4, 0.5) is 5.95 Å². The van der Waals surface area contributed by atoms with Gasteiger partial charge in [0.1, 0.15) is 11.7 Å². The average molecular weight is 503 g/mol. The molecule has 0 amide bonds. The number of anilines is 1. The summed E-state index contributed by atoms with van der Waals surface area (Å²) in [4.78, 5) is 19.9. The van der Waals surface area contributed by atoms with Gasteiger partial charge in [-0.15, -0.1) is 12.4 Å². The minimum Gasteiger partial charge on any atom is -0.480 e. The van der Waals surface area contributed by atoms with E-state index in [1.807, 2.05) is 53.2 Å². The first-order valence-electron chi connectivity index (χ1n) is 9.35. The van der Waals surface area contributed by atoms with Gasteiger partial charge in [0.2, 0.25) is 5.95 Å². The number of carbonyl (C=O) groups is 1. The quantitative estimate of drug-likeness (QED) is 0.368. The molecule has 0 aliphatic carbocycles. The fourth-order valence-corrected chi connectivity index (χ4v) is 3.62. The maximum Gasteiger partial charge on any atom is 0.320 e. The van der Waals surface area contributed by atoms with Crippen molar-refractivity contribution < 1.29 is 9.90 Å². The van der Waals surface area contributed by atoms with Gasteiger partial charge >= 0.3 is 5.97 Å². The molecule has 1 atom stereocenters. The Kier molecular flexibility index (Phi) is 6.94. The lowest BCUT2D eigenvalue weighted by Gasteiger charge is -2.09. The summed E-state index contributed by atoms with van der Waals surface area (Å²) >= 11 is 3.45. The summed E-state index contributed by atoms with van der Waals surface area (Å²) < 4.78 is 3.07. The van der Waals surface area contributed by atoms with E-state index in [1.54, 1.807) is 0 Å². The van der Waals surface area contributed by atoms with Crippen LogP contribution in [0.3, 0.4) is 0 Å². The summed E-state index contributed by atoms with van der Waals surface area (Å²) in [6.45, 7) is 0.665. The number of aromatic nitrogens is 3. The second kappa shape index (κ2) is 9.47. The molecule has 0 spiro atoms. The number of carboxylic acid groups (broad SMARTS) is 1. The predicted octanol–water partition coefficient (Wildman–Crippen LogP) is 3.87. The Labute approximate surface area is 193 Å². The van der Waals surface area contributed by atoms with E-state index < -0.39 is 12.0 Å². The normalized spacial score (nSPS) is 11.8. The molecule has 4 aromatic rings. The first-order chi connectivity index (χ1) is 14.4. The highest BCUT2D eigenvalue weighted by Gasteiger charge is 2.15. The van der Waals surface area contributed by atoms with Gasteiger partial charge in [0, 0.05) is 28.2 Å². The van der Waals surface area contributed by atoms with Crippen LogP contribution in [0.15, 0.2) is 65.3 Å². The number of hydrogen-bond donors (Lipinski definition) is 3. The maximum absolute atomic E-state index is 11.0. The number of halogens is 2. The average Bonchev–Trinajstić information content (AvgIpc) is 3.12. The van der Waals surface area contributed by atoms with E-state index in [0.29, 0.717) is 6.54 Å². The molecule has 31 heavy (non-hydrogen) atoms. The summed E-state index contributed by atoms with van der Waals surface area (Å²) in [6.07, 6.45) is 2.24. The van der Waals surface area contributed by atoms with Crippen molar-refractivity contribution in [2.45, 2.75) is 19.0 Å². The number of fused-ring (bicyclic) bond motifs is 1. The molecule has 160 valence electrons. The van der Waals surface area contributed by atoms with E-state index in [0.717, 1.165) is 37.9 Å². The molecule has 0 radical (unpaired) electrons. The van der Waals surface area contributed by atoms with Crippen molar-refractivity contribution in [3.63, 3.8) is 0 Å². The summed E-state index contributed by atoms with van der Waals surface area (Å²) in [5.74, 6) is -0.818. The van der Waals surface area contributed by atoms with Crippen molar-refractivity contribution in [1.82, 2.24) is 14.5 Å². The van der Waals surface area contributed by atoms with Crippen LogP contribution in [0.25, 0.3) is 22.3 Å². The van der Waals surface area contributed by atoms with Gasteiger partial charge in [-0.3, -0.25) is 4.79 Å². The van der Waals surface area contributed by atoms with E-state index in [-0.39, 0.29) is 24.8 Å². The maximum atomic E-state index is 11.0. The Morgan fingerprint density at radius 2 is 1.68 bits per heavy atom. The first kappa shape index (κ1) is 22.7. The summed E-state index contributed by atoms with van der Waals surface area (Å²) in [5.41, 5.74) is 16.0. The molecule has 5 N–H and O–H groups in total. The third-order valence-corrected chi connectivity index (χ3v) is 5.43. The van der Waals surface area contributed by atoms with Crippen LogP contribution in [-0.4, -0.2) is 31.7 Å². The Hall–Kier alpha value is -2.94. The summed E-state index contributed by atoms with van der Waals surface area (Å²) in [5, 5.41) is 9.89. The molecule has 0 fully saturated rings. The number of hydrogen-bond acceptors (Lipinski definition) is 5. The Bertz CT molecular complexity index is 1210. The Balaban J connectivity index is 0.00000272. The number of aliphatic carboxylic acids is 1. The smallest absolute Gasteiger partial charge is 0.320 e. The zero-order valence-corrected chi connectivity index (χ0v) is 18.8. The van der Waals surface area contributed by atoms with Crippen LogP contribution in [0.1, 0.15) is 11.1 Å². The van der Waals surface area contributed by atoms with Gasteiger partial charge in [0.15, 0.2) is 0 Å². The molecule has 4 rings (SSSR count). The third-order valence-electron chi connectivity index (χ3n) is 4.90. The van der Waals surface area contributed by atoms with Crippen molar-refractivity contribution in [1.29, 1.82) is 0 Å². The lowest BCUT2D eigenvalue weighted by Crippen LogP contribution is -2.32. The van der Waals surface area contributed by atoms with E-state index >= 15 is 0 Å². The topological polar surface area (TPSA) is 120 Å². The monoisotopic (exact) mass is 501 g/mol. The fourth-order valence-electron chi connectivity index (χ4n) is 3.36. The number of nitrogen functional groups attached to an aromatic ring is 1. The fraction of sp³-hybridized carbons (Fsp3) is 0.136. The minimum atomic E-state index is -1.02. The number of nitrogens with two attached hydrogens (primary N) is 2. The molecular formula is C22H21BrClN5O2. The molecule has 2 heterocycles. The van der Waals surface area contributed by atoms with Crippen LogP contribution >= 0.6 is 28.3 Å². The second-order valence-electron chi connectivity index (χ2n) is 7.08. The predicted molar refractivity (Wildman–Crippen MR) is 127 cm³/mol. The SMILES string of the molecule is Cl.Nc1nc(-c2ccc(C[C@H](N)C(=O)O)cc2)c2ccn(Cc3ccc(Br)cc3)c2n1. The molecule has 2 aromatic heterocycles. The van der Waals surface area contributed by atoms with Crippen LogP contribution in [0, 0.1) is 0 Å². The highest BCUT2D eigenvalue weighted by Crippen LogP contribution is 2.28. The van der Waals surface area contributed by atoms with Crippen molar-refractivity contribution in [2.75, 3.05) is 5.73 Å². The Morgan fingerprint density at radius 3 is 2.32 bits per heavy atom. The molecule has 9 heteroatoms. The van der Waals surface area contributed by atoms with Crippen molar-refractivity contribution in [2.24, 2.45) is 5.73 Å². The molecule has 0 bridgehead atoms. The standard InChI is InChI=1S/C22H20BrN5O2.ClH/c23-16-7-3-14(4-8-16)12-28-10-9-17-19(26-22(25)27-20(17)28)15-5-1-13(2-6-15)11-18(24)21(29)30;/h1-10,18H,11-12,24H2,(H,29,30)(H2,25,26,27);1H/t18-;/m0./s1. The number of rotatable bonds is 6. The van der Waals surface area contributed by atoms with Gasteiger partial charge in [-0.2, -0.15) is 4.98 Å². The molecule has 0 saturated carbocycles. The van der Waals surface area contributed by atoms with Crippen molar-refractivity contribution >= 4 is 51.3 Å². The van der Waals surface area contributed by atoms with Crippen molar-refractivity contribution in [3.05, 3.63) is 76.4 Å². The highest BCUT2D eigenvalue weighted by molar-refractivity contribution is 9.10. The number of benzene rings is 2. The van der Waals surface area contributed by atoms with Crippen LogP contribution in [0.2, 0.25) is 0 Å². The molecule has 0 unspecified atom stereocenters. The molecular weight excluding hydrogens is 482 g/mol. The van der Waals surface area contributed by atoms with E-state index in [4.69, 9.17) is 16.6 Å². The first-order valence-corrected chi connectivity index (χ1v) is 10.1. The summed E-state index contributed by atoms with van der Waals surface area (Å²) in [6, 6.07) is 16.7. The van der Waals surface area contributed by atoms with Crippen LogP contribution in [0.5, 0.6) is 0 Å². The second-order valence-corrected chi connectivity index (χ2v) is 8.00. The highest BCUT2D eigenvalue weighted by atomic mass is 79.9.